The molecule has 3 rings (SSSR count). The summed E-state index contributed by atoms with van der Waals surface area (Å²) >= 11 is 0. The number of sulfone groups is 1. The van der Waals surface area contributed by atoms with E-state index < -0.39 is 9.84 Å². The van der Waals surface area contributed by atoms with Crippen molar-refractivity contribution in [2.75, 3.05) is 5.75 Å². The molecule has 0 radical (unpaired) electrons. The van der Waals surface area contributed by atoms with Gasteiger partial charge in [0.2, 0.25) is 0 Å². The predicted octanol–water partition coefficient (Wildman–Crippen LogP) is 1.74. The van der Waals surface area contributed by atoms with Crippen LogP contribution >= 0.6 is 0 Å². The molecule has 2 aromatic rings. The Balaban J connectivity index is 2.47. The molecule has 1 N–H and O–H groups in total. The van der Waals surface area contributed by atoms with Crippen molar-refractivity contribution in [3.05, 3.63) is 36.0 Å². The molecule has 0 spiro atoms. The quantitative estimate of drug-likeness (QED) is 0.770. The molecule has 17 heavy (non-hydrogen) atoms. The number of fused-ring (bicyclic) bond motifs is 2. The van der Waals surface area contributed by atoms with Crippen molar-refractivity contribution in [3.8, 4) is 5.75 Å². The number of hydrogen-bond acceptors (Lipinski definition) is 4. The third-order valence-corrected chi connectivity index (χ3v) is 4.38. The number of aromatic nitrogens is 1. The molecule has 0 aliphatic carbocycles. The molecule has 0 saturated heterocycles. The van der Waals surface area contributed by atoms with Gasteiger partial charge in [-0.1, -0.05) is 12.1 Å². The molecule has 5 heteroatoms. The van der Waals surface area contributed by atoms with Crippen LogP contribution in [0.3, 0.4) is 0 Å². The summed E-state index contributed by atoms with van der Waals surface area (Å²) in [6.07, 6.45) is 3.28. The van der Waals surface area contributed by atoms with Crippen LogP contribution in [0.25, 0.3) is 17.0 Å². The van der Waals surface area contributed by atoms with Crippen LogP contribution in [0.4, 0.5) is 0 Å². The fraction of sp³-hybridized carbons (Fsp3) is 0.0833. The van der Waals surface area contributed by atoms with Gasteiger partial charge < -0.3 is 5.11 Å². The Morgan fingerprint density at radius 1 is 1.29 bits per heavy atom. The minimum Gasteiger partial charge on any atom is -0.507 e. The van der Waals surface area contributed by atoms with Gasteiger partial charge in [-0.3, -0.25) is 0 Å². The normalized spacial score (nSPS) is 16.9. The van der Waals surface area contributed by atoms with Crippen LogP contribution < -0.4 is 0 Å². The lowest BCUT2D eigenvalue weighted by Gasteiger charge is -2.12. The molecule has 0 fully saturated rings. The maximum atomic E-state index is 11.9. The van der Waals surface area contributed by atoms with Gasteiger partial charge in [0.25, 0.3) is 0 Å². The van der Waals surface area contributed by atoms with Gasteiger partial charge in [-0.05, 0) is 24.3 Å². The van der Waals surface area contributed by atoms with Crippen molar-refractivity contribution >= 4 is 26.8 Å². The first-order valence-corrected chi connectivity index (χ1v) is 6.75. The third-order valence-electron chi connectivity index (χ3n) is 2.76. The summed E-state index contributed by atoms with van der Waals surface area (Å²) in [6.45, 7) is 0. The molecular weight excluding hydrogens is 238 g/mol. The van der Waals surface area contributed by atoms with E-state index in [0.29, 0.717) is 16.6 Å². The second-order valence-corrected chi connectivity index (χ2v) is 5.90. The Bertz CT molecular complexity index is 748. The van der Waals surface area contributed by atoms with E-state index in [9.17, 15) is 13.5 Å². The van der Waals surface area contributed by atoms with Crippen molar-refractivity contribution in [3.63, 3.8) is 0 Å². The second kappa shape index (κ2) is 3.30. The van der Waals surface area contributed by atoms with Crippen LogP contribution in [-0.2, 0) is 9.84 Å². The number of benzene rings is 1. The third kappa shape index (κ3) is 1.51. The summed E-state index contributed by atoms with van der Waals surface area (Å²) in [4.78, 5) is 4.44. The van der Waals surface area contributed by atoms with E-state index in [2.05, 4.69) is 4.98 Å². The summed E-state index contributed by atoms with van der Waals surface area (Å²) in [5, 5.41) is 10.2. The van der Waals surface area contributed by atoms with Gasteiger partial charge in [0, 0.05) is 5.39 Å². The van der Waals surface area contributed by atoms with Gasteiger partial charge in [-0.25, -0.2) is 13.4 Å². The first-order chi connectivity index (χ1) is 8.08. The van der Waals surface area contributed by atoms with Gasteiger partial charge in [-0.15, -0.1) is 0 Å². The molecule has 2 heterocycles. The molecule has 0 atom stereocenters. The Labute approximate surface area is 98.2 Å². The summed E-state index contributed by atoms with van der Waals surface area (Å²) in [7, 11) is -3.31. The SMILES string of the molecule is O=S1(=O)CC=Cc2nc3cccc(O)c3cc21. The van der Waals surface area contributed by atoms with Crippen molar-refractivity contribution in [2.45, 2.75) is 4.90 Å². The van der Waals surface area contributed by atoms with Crippen LogP contribution in [0.15, 0.2) is 35.2 Å². The van der Waals surface area contributed by atoms with Crippen molar-refractivity contribution in [2.24, 2.45) is 0 Å². The second-order valence-electron chi connectivity index (χ2n) is 3.90. The van der Waals surface area contributed by atoms with E-state index in [1.165, 1.54) is 12.1 Å². The molecule has 1 aliphatic heterocycles. The molecule has 1 aromatic carbocycles. The van der Waals surface area contributed by atoms with Gasteiger partial charge in [0.1, 0.15) is 5.75 Å². The lowest BCUT2D eigenvalue weighted by atomic mass is 10.2. The van der Waals surface area contributed by atoms with E-state index in [1.54, 1.807) is 24.3 Å². The maximum Gasteiger partial charge on any atom is 0.184 e. The van der Waals surface area contributed by atoms with Gasteiger partial charge >= 0.3 is 0 Å². The fourth-order valence-corrected chi connectivity index (χ4v) is 3.18. The molecule has 0 saturated carbocycles. The molecular formula is C12H9NO3S. The van der Waals surface area contributed by atoms with Crippen molar-refractivity contribution < 1.29 is 13.5 Å². The van der Waals surface area contributed by atoms with Gasteiger partial charge in [0.05, 0.1) is 21.9 Å². The zero-order valence-corrected chi connectivity index (χ0v) is 9.61. The lowest BCUT2D eigenvalue weighted by molar-refractivity contribution is 0.481. The predicted molar refractivity (Wildman–Crippen MR) is 64.5 cm³/mol. The molecule has 86 valence electrons. The van der Waals surface area contributed by atoms with E-state index in [4.69, 9.17) is 0 Å². The van der Waals surface area contributed by atoms with E-state index in [1.807, 2.05) is 0 Å². The van der Waals surface area contributed by atoms with Crippen LogP contribution in [0, 0.1) is 0 Å². The van der Waals surface area contributed by atoms with Crippen LogP contribution in [0.2, 0.25) is 0 Å². The van der Waals surface area contributed by atoms with Gasteiger partial charge in [0.15, 0.2) is 9.84 Å². The molecule has 4 nitrogen and oxygen atoms in total. The number of nitrogens with zero attached hydrogens (tertiary/aromatic N) is 1. The smallest absolute Gasteiger partial charge is 0.184 e. The number of hydrogen-bond donors (Lipinski definition) is 1. The summed E-state index contributed by atoms with van der Waals surface area (Å²) in [6, 6.07) is 6.43. The highest BCUT2D eigenvalue weighted by Crippen LogP contribution is 2.30. The van der Waals surface area contributed by atoms with E-state index >= 15 is 0 Å². The monoisotopic (exact) mass is 247 g/mol. The topological polar surface area (TPSA) is 67.3 Å². The van der Waals surface area contributed by atoms with Crippen molar-refractivity contribution in [1.82, 2.24) is 4.98 Å². The summed E-state index contributed by atoms with van der Waals surface area (Å²) in [5.74, 6) is 0.0309. The van der Waals surface area contributed by atoms with E-state index in [-0.39, 0.29) is 16.4 Å². The first kappa shape index (κ1) is 10.3. The number of phenols is 1. The van der Waals surface area contributed by atoms with Crippen LogP contribution in [-0.4, -0.2) is 24.3 Å². The molecule has 1 aromatic heterocycles. The Morgan fingerprint density at radius 2 is 2.12 bits per heavy atom. The minimum absolute atomic E-state index is 0.0131. The maximum absolute atomic E-state index is 11.9. The highest BCUT2D eigenvalue weighted by atomic mass is 32.2. The van der Waals surface area contributed by atoms with Crippen molar-refractivity contribution in [1.29, 1.82) is 0 Å². The average molecular weight is 247 g/mol. The minimum atomic E-state index is -3.31. The summed E-state index contributed by atoms with van der Waals surface area (Å²) in [5.41, 5.74) is 1.03. The average Bonchev–Trinajstić information content (AvgIpc) is 2.27. The number of rotatable bonds is 0. The Hall–Kier alpha value is -1.88. The number of pyridine rings is 1. The Kier molecular flexibility index (Phi) is 2.00. The lowest BCUT2D eigenvalue weighted by Crippen LogP contribution is -2.11. The molecule has 0 unspecified atom stereocenters. The zero-order chi connectivity index (χ0) is 12.0. The Morgan fingerprint density at radius 3 is 2.94 bits per heavy atom. The zero-order valence-electron chi connectivity index (χ0n) is 8.79. The highest BCUT2D eigenvalue weighted by Gasteiger charge is 2.22. The standard InChI is InChI=1S/C12H9NO3S/c14-11-5-1-3-9-8(11)7-12-10(13-9)4-2-6-17(12,15)16/h1-5,7,14H,6H2. The van der Waals surface area contributed by atoms with Crippen LogP contribution in [0.5, 0.6) is 5.75 Å². The van der Waals surface area contributed by atoms with Crippen LogP contribution in [0.1, 0.15) is 5.69 Å². The highest BCUT2D eigenvalue weighted by molar-refractivity contribution is 7.91. The molecule has 1 aliphatic rings. The van der Waals surface area contributed by atoms with E-state index in [0.717, 1.165) is 0 Å². The largest absolute Gasteiger partial charge is 0.507 e. The first-order valence-electron chi connectivity index (χ1n) is 5.10. The number of phenolic OH excluding ortho intramolecular Hbond substituents is 1. The summed E-state index contributed by atoms with van der Waals surface area (Å²) < 4.78 is 23.7. The fourth-order valence-electron chi connectivity index (χ4n) is 1.92. The van der Waals surface area contributed by atoms with Gasteiger partial charge in [-0.2, -0.15) is 0 Å². The molecule has 0 bridgehead atoms. The molecule has 0 amide bonds. The number of aromatic hydroxyl groups is 1.